The minimum absolute atomic E-state index is 0. The minimum Gasteiger partial charge on any atom is -0.396 e. The van der Waals surface area contributed by atoms with Crippen LogP contribution >= 0.6 is 12.4 Å². The number of hydrogen-bond acceptors (Lipinski definition) is 2. The monoisotopic (exact) mass is 195 g/mol. The highest BCUT2D eigenvalue weighted by Crippen LogP contribution is 2.04. The average molecular weight is 196 g/mol. The highest BCUT2D eigenvalue weighted by Gasteiger charge is 2.07. The molecule has 2 nitrogen and oxygen atoms in total. The summed E-state index contributed by atoms with van der Waals surface area (Å²) in [6.07, 6.45) is 2.04. The predicted molar refractivity (Wildman–Crippen MR) is 56.0 cm³/mol. The molecule has 0 aliphatic heterocycles. The summed E-state index contributed by atoms with van der Waals surface area (Å²) >= 11 is 0. The molecule has 0 heterocycles. The first-order valence-corrected chi connectivity index (χ1v) is 4.61. The molecule has 1 unspecified atom stereocenters. The Bertz CT molecular complexity index is 86.6. The van der Waals surface area contributed by atoms with E-state index in [2.05, 4.69) is 25.7 Å². The maximum Gasteiger partial charge on any atom is 0.0431 e. The Morgan fingerprint density at radius 3 is 2.08 bits per heavy atom. The maximum absolute atomic E-state index is 8.62. The van der Waals surface area contributed by atoms with Crippen LogP contribution in [0.5, 0.6) is 0 Å². The zero-order valence-corrected chi connectivity index (χ0v) is 9.23. The summed E-state index contributed by atoms with van der Waals surface area (Å²) in [6.45, 7) is 9.14. The third-order valence-electron chi connectivity index (χ3n) is 2.22. The highest BCUT2D eigenvalue weighted by atomic mass is 35.5. The van der Waals surface area contributed by atoms with Crippen LogP contribution in [0.2, 0.25) is 0 Å². The van der Waals surface area contributed by atoms with E-state index in [4.69, 9.17) is 5.11 Å². The first-order valence-electron chi connectivity index (χ1n) is 4.61. The van der Waals surface area contributed by atoms with Crippen molar-refractivity contribution >= 4 is 12.4 Å². The van der Waals surface area contributed by atoms with Crippen molar-refractivity contribution in [2.45, 2.75) is 39.7 Å². The molecular weight excluding hydrogens is 174 g/mol. The van der Waals surface area contributed by atoms with Gasteiger partial charge in [0.15, 0.2) is 0 Å². The minimum atomic E-state index is 0. The van der Waals surface area contributed by atoms with Crippen LogP contribution in [0.4, 0.5) is 0 Å². The van der Waals surface area contributed by atoms with Crippen LogP contribution in [0.25, 0.3) is 0 Å². The number of hydrogen-bond donors (Lipinski definition) is 1. The van der Waals surface area contributed by atoms with Crippen LogP contribution in [-0.2, 0) is 0 Å². The first kappa shape index (κ1) is 14.7. The summed E-state index contributed by atoms with van der Waals surface area (Å²) in [4.78, 5) is 2.41. The quantitative estimate of drug-likeness (QED) is 0.700. The Balaban J connectivity index is 0. The van der Waals surface area contributed by atoms with E-state index in [1.54, 1.807) is 0 Å². The Kier molecular flexibility index (Phi) is 11.4. The summed E-state index contributed by atoms with van der Waals surface area (Å²) in [7, 11) is 0. The van der Waals surface area contributed by atoms with Gasteiger partial charge in [0.25, 0.3) is 0 Å². The van der Waals surface area contributed by atoms with Gasteiger partial charge in [0.2, 0.25) is 0 Å². The summed E-state index contributed by atoms with van der Waals surface area (Å²) in [5, 5.41) is 8.62. The molecule has 0 saturated heterocycles. The summed E-state index contributed by atoms with van der Waals surface area (Å²) in [6, 6.07) is 0.622. The molecule has 0 aromatic rings. The molecule has 0 spiro atoms. The molecule has 12 heavy (non-hydrogen) atoms. The lowest BCUT2D eigenvalue weighted by molar-refractivity contribution is 0.200. The largest absolute Gasteiger partial charge is 0.396 e. The van der Waals surface area contributed by atoms with Crippen LogP contribution in [0.15, 0.2) is 0 Å². The zero-order chi connectivity index (χ0) is 8.69. The molecule has 0 bridgehead atoms. The molecule has 3 heteroatoms. The predicted octanol–water partition coefficient (Wildman–Crippen LogP) is 1.91. The molecule has 0 saturated carbocycles. The van der Waals surface area contributed by atoms with Gasteiger partial charge in [-0.05, 0) is 32.9 Å². The van der Waals surface area contributed by atoms with Gasteiger partial charge < -0.3 is 10.0 Å². The van der Waals surface area contributed by atoms with Gasteiger partial charge in [-0.25, -0.2) is 0 Å². The van der Waals surface area contributed by atoms with Crippen LogP contribution in [0, 0.1) is 0 Å². The van der Waals surface area contributed by atoms with Crippen molar-refractivity contribution in [1.82, 2.24) is 4.90 Å². The van der Waals surface area contributed by atoms with Crippen molar-refractivity contribution in [2.24, 2.45) is 0 Å². The summed E-state index contributed by atoms with van der Waals surface area (Å²) in [5.74, 6) is 0. The molecular formula is C9H22ClNO. The molecule has 1 N–H and O–H groups in total. The lowest BCUT2D eigenvalue weighted by Gasteiger charge is -2.25. The van der Waals surface area contributed by atoms with Gasteiger partial charge in [-0.1, -0.05) is 13.8 Å². The van der Waals surface area contributed by atoms with Gasteiger partial charge in [0.05, 0.1) is 0 Å². The molecule has 76 valence electrons. The molecule has 0 aromatic heterocycles. The van der Waals surface area contributed by atoms with Gasteiger partial charge in [0.1, 0.15) is 0 Å². The molecule has 0 aliphatic carbocycles. The van der Waals surface area contributed by atoms with E-state index in [0.717, 1.165) is 25.9 Å². The van der Waals surface area contributed by atoms with Crippen molar-refractivity contribution in [3.05, 3.63) is 0 Å². The van der Waals surface area contributed by atoms with Crippen LogP contribution in [0.3, 0.4) is 0 Å². The van der Waals surface area contributed by atoms with Crippen molar-refractivity contribution in [2.75, 3.05) is 19.7 Å². The molecule has 0 radical (unpaired) electrons. The van der Waals surface area contributed by atoms with Crippen molar-refractivity contribution in [3.8, 4) is 0 Å². The van der Waals surface area contributed by atoms with E-state index >= 15 is 0 Å². The topological polar surface area (TPSA) is 23.5 Å². The van der Waals surface area contributed by atoms with Gasteiger partial charge >= 0.3 is 0 Å². The maximum atomic E-state index is 8.62. The number of halogens is 1. The molecule has 0 aliphatic rings. The number of rotatable bonds is 6. The van der Waals surface area contributed by atoms with Gasteiger partial charge in [0, 0.05) is 12.6 Å². The fraction of sp³-hybridized carbons (Fsp3) is 1.00. The van der Waals surface area contributed by atoms with E-state index in [9.17, 15) is 0 Å². The summed E-state index contributed by atoms with van der Waals surface area (Å²) < 4.78 is 0. The van der Waals surface area contributed by atoms with Gasteiger partial charge in [-0.15, -0.1) is 12.4 Å². The molecule has 0 aromatic carbocycles. The molecule has 1 atom stereocenters. The van der Waals surface area contributed by atoms with Crippen LogP contribution < -0.4 is 0 Å². The molecule has 0 amide bonds. The normalized spacial score (nSPS) is 12.8. The first-order chi connectivity index (χ1) is 5.26. The molecule has 0 rings (SSSR count). The number of aliphatic hydroxyl groups excluding tert-OH is 1. The second kappa shape index (κ2) is 9.30. The van der Waals surface area contributed by atoms with Crippen molar-refractivity contribution in [1.29, 1.82) is 0 Å². The Hall–Kier alpha value is 0.210. The lowest BCUT2D eigenvalue weighted by atomic mass is 10.1. The lowest BCUT2D eigenvalue weighted by Crippen LogP contribution is -2.32. The van der Waals surface area contributed by atoms with Crippen molar-refractivity contribution in [3.63, 3.8) is 0 Å². The Labute approximate surface area is 82.4 Å². The fourth-order valence-electron chi connectivity index (χ4n) is 1.42. The van der Waals surface area contributed by atoms with Gasteiger partial charge in [-0.3, -0.25) is 0 Å². The number of aliphatic hydroxyl groups is 1. The highest BCUT2D eigenvalue weighted by molar-refractivity contribution is 5.85. The van der Waals surface area contributed by atoms with E-state index in [0.29, 0.717) is 12.6 Å². The van der Waals surface area contributed by atoms with E-state index in [1.165, 1.54) is 0 Å². The summed E-state index contributed by atoms with van der Waals surface area (Å²) in [5.41, 5.74) is 0. The van der Waals surface area contributed by atoms with Crippen LogP contribution in [-0.4, -0.2) is 35.7 Å². The van der Waals surface area contributed by atoms with E-state index in [-0.39, 0.29) is 12.4 Å². The zero-order valence-electron chi connectivity index (χ0n) is 8.42. The van der Waals surface area contributed by atoms with E-state index in [1.807, 2.05) is 0 Å². The standard InChI is InChI=1S/C9H21NO.ClH/c1-4-10(5-2)9(3)7-6-8-11;/h9,11H,4-8H2,1-3H3;1H. The third kappa shape index (κ3) is 5.81. The SMILES string of the molecule is CCN(CC)C(C)CCCO.Cl. The second-order valence-corrected chi connectivity index (χ2v) is 2.94. The second-order valence-electron chi connectivity index (χ2n) is 2.94. The van der Waals surface area contributed by atoms with Crippen molar-refractivity contribution < 1.29 is 5.11 Å². The van der Waals surface area contributed by atoms with Crippen LogP contribution in [0.1, 0.15) is 33.6 Å². The third-order valence-corrected chi connectivity index (χ3v) is 2.22. The molecule has 0 fully saturated rings. The fourth-order valence-corrected chi connectivity index (χ4v) is 1.42. The average Bonchev–Trinajstić information content (AvgIpc) is 2.03. The Morgan fingerprint density at radius 1 is 1.25 bits per heavy atom. The van der Waals surface area contributed by atoms with Gasteiger partial charge in [-0.2, -0.15) is 0 Å². The Morgan fingerprint density at radius 2 is 1.75 bits per heavy atom. The van der Waals surface area contributed by atoms with E-state index < -0.39 is 0 Å². The number of nitrogens with zero attached hydrogens (tertiary/aromatic N) is 1. The smallest absolute Gasteiger partial charge is 0.0431 e.